The van der Waals surface area contributed by atoms with Crippen LogP contribution < -0.4 is 10.6 Å². The number of carboxylic acid groups (broad SMARTS) is 1. The third kappa shape index (κ3) is 3.69. The van der Waals surface area contributed by atoms with Crippen LogP contribution >= 0.6 is 11.3 Å². The fourth-order valence-corrected chi connectivity index (χ4v) is 3.24. The number of nitrogens with zero attached hydrogens (tertiary/aromatic N) is 1. The molecule has 0 radical (unpaired) electrons. The van der Waals surface area contributed by atoms with Crippen LogP contribution in [-0.4, -0.2) is 28.1 Å². The fourth-order valence-electron chi connectivity index (χ4n) is 2.47. The van der Waals surface area contributed by atoms with Gasteiger partial charge in [0.25, 0.3) is 0 Å². The van der Waals surface area contributed by atoms with Gasteiger partial charge in [-0.1, -0.05) is 6.92 Å². The third-order valence-corrected chi connectivity index (χ3v) is 4.47. The Morgan fingerprint density at radius 1 is 1.55 bits per heavy atom. The Kier molecular flexibility index (Phi) is 4.94. The lowest BCUT2D eigenvalue weighted by atomic mass is 10.1. The molecule has 20 heavy (non-hydrogen) atoms. The maximum atomic E-state index is 11.9. The molecule has 6 nitrogen and oxygen atoms in total. The molecule has 1 heterocycles. The van der Waals surface area contributed by atoms with Crippen LogP contribution in [0.4, 0.5) is 4.79 Å². The molecule has 1 saturated carbocycles. The molecule has 2 amide bonds. The van der Waals surface area contributed by atoms with Crippen molar-refractivity contribution in [2.75, 3.05) is 0 Å². The molecule has 2 rings (SSSR count). The number of thiazole rings is 1. The zero-order valence-electron chi connectivity index (χ0n) is 11.3. The van der Waals surface area contributed by atoms with Crippen LogP contribution in [0.1, 0.15) is 43.7 Å². The predicted octanol–water partition coefficient (Wildman–Crippen LogP) is 2.15. The Labute approximate surface area is 121 Å². The van der Waals surface area contributed by atoms with E-state index in [1.807, 2.05) is 12.3 Å². The lowest BCUT2D eigenvalue weighted by Crippen LogP contribution is -2.42. The van der Waals surface area contributed by atoms with Crippen LogP contribution in [0.5, 0.6) is 0 Å². The van der Waals surface area contributed by atoms with Gasteiger partial charge in [0.15, 0.2) is 0 Å². The normalized spacial score (nSPS) is 23.2. The van der Waals surface area contributed by atoms with Gasteiger partial charge in [0, 0.05) is 17.6 Å². The van der Waals surface area contributed by atoms with Gasteiger partial charge in [0.1, 0.15) is 5.01 Å². The summed E-state index contributed by atoms with van der Waals surface area (Å²) in [7, 11) is 0. The van der Waals surface area contributed by atoms with Crippen LogP contribution in [0.25, 0.3) is 0 Å². The van der Waals surface area contributed by atoms with E-state index in [2.05, 4.69) is 15.6 Å². The van der Waals surface area contributed by atoms with Crippen molar-refractivity contribution in [3.05, 3.63) is 16.6 Å². The number of aromatic nitrogens is 1. The zero-order chi connectivity index (χ0) is 14.5. The number of carbonyl (C=O) groups is 2. The maximum Gasteiger partial charge on any atom is 0.315 e. The molecule has 1 aromatic rings. The number of carbonyl (C=O) groups excluding carboxylic acids is 1. The van der Waals surface area contributed by atoms with Crippen molar-refractivity contribution < 1.29 is 14.7 Å². The molecule has 3 atom stereocenters. The first-order valence-corrected chi connectivity index (χ1v) is 7.67. The van der Waals surface area contributed by atoms with Crippen molar-refractivity contribution in [1.82, 2.24) is 15.6 Å². The van der Waals surface area contributed by atoms with E-state index in [1.165, 1.54) is 11.3 Å². The summed E-state index contributed by atoms with van der Waals surface area (Å²) in [6, 6.07) is -0.389. The van der Waals surface area contributed by atoms with Gasteiger partial charge < -0.3 is 15.7 Å². The number of amides is 2. The second-order valence-electron chi connectivity index (χ2n) is 4.99. The fraction of sp³-hybridized carbons (Fsp3) is 0.615. The lowest BCUT2D eigenvalue weighted by molar-refractivity contribution is -0.141. The van der Waals surface area contributed by atoms with Crippen LogP contribution in [0.15, 0.2) is 11.6 Å². The largest absolute Gasteiger partial charge is 0.481 e. The number of carboxylic acids is 1. The summed E-state index contributed by atoms with van der Waals surface area (Å²) < 4.78 is 0. The van der Waals surface area contributed by atoms with Crippen LogP contribution in [-0.2, 0) is 4.79 Å². The van der Waals surface area contributed by atoms with E-state index in [1.54, 1.807) is 6.20 Å². The zero-order valence-corrected chi connectivity index (χ0v) is 12.2. The molecule has 3 N–H and O–H groups in total. The highest BCUT2D eigenvalue weighted by molar-refractivity contribution is 7.09. The summed E-state index contributed by atoms with van der Waals surface area (Å²) in [4.78, 5) is 27.0. The molecule has 0 aromatic carbocycles. The summed E-state index contributed by atoms with van der Waals surface area (Å²) in [5, 5.41) is 17.5. The first-order chi connectivity index (χ1) is 9.60. The number of hydrogen-bond acceptors (Lipinski definition) is 4. The van der Waals surface area contributed by atoms with Gasteiger partial charge >= 0.3 is 12.0 Å². The van der Waals surface area contributed by atoms with Crippen LogP contribution in [0.3, 0.4) is 0 Å². The van der Waals surface area contributed by atoms with Gasteiger partial charge in [-0.2, -0.15) is 0 Å². The Bertz CT molecular complexity index is 463. The highest BCUT2D eigenvalue weighted by atomic mass is 32.1. The lowest BCUT2D eigenvalue weighted by Gasteiger charge is -2.18. The van der Waals surface area contributed by atoms with E-state index in [9.17, 15) is 9.59 Å². The Morgan fingerprint density at radius 2 is 2.35 bits per heavy atom. The summed E-state index contributed by atoms with van der Waals surface area (Å²) in [6.45, 7) is 1.99. The first-order valence-electron chi connectivity index (χ1n) is 6.79. The van der Waals surface area contributed by atoms with E-state index in [0.717, 1.165) is 17.8 Å². The minimum atomic E-state index is -0.774. The van der Waals surface area contributed by atoms with Gasteiger partial charge in [0.05, 0.1) is 12.0 Å². The molecule has 0 saturated heterocycles. The van der Waals surface area contributed by atoms with Crippen molar-refractivity contribution in [2.24, 2.45) is 5.92 Å². The Hall–Kier alpha value is -1.63. The summed E-state index contributed by atoms with van der Waals surface area (Å²) in [5.41, 5.74) is 0. The number of urea groups is 1. The number of rotatable bonds is 5. The van der Waals surface area contributed by atoms with Gasteiger partial charge in [0.2, 0.25) is 0 Å². The van der Waals surface area contributed by atoms with Crippen molar-refractivity contribution in [1.29, 1.82) is 0 Å². The molecule has 110 valence electrons. The van der Waals surface area contributed by atoms with E-state index in [-0.39, 0.29) is 24.0 Å². The molecular weight excluding hydrogens is 278 g/mol. The molecule has 3 unspecified atom stereocenters. The number of hydrogen-bond donors (Lipinski definition) is 3. The van der Waals surface area contributed by atoms with E-state index >= 15 is 0 Å². The number of aliphatic carboxylic acids is 1. The minimum Gasteiger partial charge on any atom is -0.481 e. The van der Waals surface area contributed by atoms with E-state index < -0.39 is 5.97 Å². The quantitative estimate of drug-likeness (QED) is 0.776. The maximum absolute atomic E-state index is 11.9. The van der Waals surface area contributed by atoms with Crippen molar-refractivity contribution in [2.45, 2.75) is 44.7 Å². The van der Waals surface area contributed by atoms with E-state index in [4.69, 9.17) is 5.11 Å². The molecule has 7 heteroatoms. The number of nitrogens with one attached hydrogen (secondary N) is 2. The Morgan fingerprint density at radius 3 is 2.90 bits per heavy atom. The first kappa shape index (κ1) is 14.8. The summed E-state index contributed by atoms with van der Waals surface area (Å²) in [5.74, 6) is -1.11. The van der Waals surface area contributed by atoms with Crippen molar-refractivity contribution in [3.8, 4) is 0 Å². The summed E-state index contributed by atoms with van der Waals surface area (Å²) >= 11 is 1.51. The average Bonchev–Trinajstić information content (AvgIpc) is 3.06. The smallest absolute Gasteiger partial charge is 0.315 e. The van der Waals surface area contributed by atoms with Crippen LogP contribution in [0, 0.1) is 5.92 Å². The SMILES string of the molecule is CCC(NC(=O)NC1CCC(C(=O)O)C1)c1nccs1. The van der Waals surface area contributed by atoms with Gasteiger partial charge in [-0.3, -0.25) is 4.79 Å². The molecular formula is C13H19N3O3S. The third-order valence-electron chi connectivity index (χ3n) is 3.58. The van der Waals surface area contributed by atoms with Gasteiger partial charge in [-0.25, -0.2) is 9.78 Å². The second-order valence-corrected chi connectivity index (χ2v) is 5.92. The van der Waals surface area contributed by atoms with Crippen LogP contribution in [0.2, 0.25) is 0 Å². The Balaban J connectivity index is 1.82. The average molecular weight is 297 g/mol. The van der Waals surface area contributed by atoms with Gasteiger partial charge in [-0.05, 0) is 25.7 Å². The topological polar surface area (TPSA) is 91.3 Å². The van der Waals surface area contributed by atoms with Crippen molar-refractivity contribution in [3.63, 3.8) is 0 Å². The molecule has 1 aromatic heterocycles. The molecule has 1 aliphatic carbocycles. The minimum absolute atomic E-state index is 0.0510. The van der Waals surface area contributed by atoms with Crippen molar-refractivity contribution >= 4 is 23.3 Å². The highest BCUT2D eigenvalue weighted by Crippen LogP contribution is 2.25. The highest BCUT2D eigenvalue weighted by Gasteiger charge is 2.30. The van der Waals surface area contributed by atoms with E-state index in [0.29, 0.717) is 12.8 Å². The molecule has 1 fully saturated rings. The predicted molar refractivity (Wildman–Crippen MR) is 75.6 cm³/mol. The summed E-state index contributed by atoms with van der Waals surface area (Å²) in [6.07, 6.45) is 4.35. The molecule has 1 aliphatic rings. The van der Waals surface area contributed by atoms with Gasteiger partial charge in [-0.15, -0.1) is 11.3 Å². The molecule has 0 bridgehead atoms. The monoisotopic (exact) mass is 297 g/mol. The standard InChI is InChI=1S/C13H19N3O3S/c1-2-10(11-14-5-6-20-11)16-13(19)15-9-4-3-8(7-9)12(17)18/h5-6,8-10H,2-4,7H2,1H3,(H,17,18)(H2,15,16,19). The second kappa shape index (κ2) is 6.69. The molecule has 0 aliphatic heterocycles. The molecule has 0 spiro atoms.